The van der Waals surface area contributed by atoms with Gasteiger partial charge < -0.3 is 4.90 Å². The van der Waals surface area contributed by atoms with Crippen molar-refractivity contribution in [1.82, 2.24) is 14.5 Å². The summed E-state index contributed by atoms with van der Waals surface area (Å²) in [6.07, 6.45) is 4.18. The lowest BCUT2D eigenvalue weighted by Gasteiger charge is -2.31. The Hall–Kier alpha value is -3.25. The summed E-state index contributed by atoms with van der Waals surface area (Å²) in [5, 5.41) is 0.561. The molecule has 1 atom stereocenters. The van der Waals surface area contributed by atoms with Crippen molar-refractivity contribution in [3.05, 3.63) is 104 Å². The number of unbranched alkanes of at least 4 members (excludes halogenated alkanes) is 3. The van der Waals surface area contributed by atoms with Crippen molar-refractivity contribution >= 4 is 32.7 Å². The number of nitrogens with zero attached hydrogens (tertiary/aromatic N) is 3. The molecular weight excluding hydrogens is 526 g/mol. The minimum Gasteiger partial charge on any atom is -0.329 e. The molecule has 1 aromatic heterocycles. The SMILES string of the molecule is CCCCCCN(C(=O)c1ccc(Br)cc1)C(C)c1nc2ccccc2c(=O)n1-c1ccc(C)c(C)c1. The molecule has 5 nitrogen and oxygen atoms in total. The summed E-state index contributed by atoms with van der Waals surface area (Å²) < 4.78 is 2.61. The van der Waals surface area contributed by atoms with Gasteiger partial charge in [0.25, 0.3) is 11.5 Å². The van der Waals surface area contributed by atoms with Crippen molar-refractivity contribution in [3.8, 4) is 5.69 Å². The number of aryl methyl sites for hydroxylation is 2. The molecule has 1 unspecified atom stereocenters. The van der Waals surface area contributed by atoms with Crippen molar-refractivity contribution in [2.24, 2.45) is 0 Å². The van der Waals surface area contributed by atoms with Gasteiger partial charge in [0, 0.05) is 16.6 Å². The number of hydrogen-bond donors (Lipinski definition) is 0. The first kappa shape index (κ1) is 26.8. The first-order chi connectivity index (χ1) is 17.8. The number of halogens is 1. The number of fused-ring (bicyclic) bond motifs is 1. The van der Waals surface area contributed by atoms with Crippen molar-refractivity contribution in [2.45, 2.75) is 59.4 Å². The van der Waals surface area contributed by atoms with E-state index in [2.05, 4.69) is 29.8 Å². The Balaban J connectivity index is 1.86. The van der Waals surface area contributed by atoms with E-state index in [1.807, 2.05) is 85.5 Å². The van der Waals surface area contributed by atoms with Crippen LogP contribution in [0, 0.1) is 13.8 Å². The van der Waals surface area contributed by atoms with E-state index in [1.165, 1.54) is 0 Å². The highest BCUT2D eigenvalue weighted by atomic mass is 79.9. The predicted molar refractivity (Wildman–Crippen MR) is 155 cm³/mol. The minimum absolute atomic E-state index is 0.0643. The van der Waals surface area contributed by atoms with Crippen LogP contribution in [0.3, 0.4) is 0 Å². The van der Waals surface area contributed by atoms with Gasteiger partial charge in [-0.2, -0.15) is 0 Å². The van der Waals surface area contributed by atoms with E-state index in [4.69, 9.17) is 4.98 Å². The van der Waals surface area contributed by atoms with Gasteiger partial charge in [-0.25, -0.2) is 4.98 Å². The molecule has 0 aliphatic heterocycles. The number of carbonyl (C=O) groups excluding carboxylic acids is 1. The molecule has 0 radical (unpaired) electrons. The first-order valence-electron chi connectivity index (χ1n) is 13.0. The van der Waals surface area contributed by atoms with Gasteiger partial charge in [0.2, 0.25) is 0 Å². The van der Waals surface area contributed by atoms with Crippen LogP contribution in [0.2, 0.25) is 0 Å². The lowest BCUT2D eigenvalue weighted by molar-refractivity contribution is 0.0677. The molecule has 4 rings (SSSR count). The summed E-state index contributed by atoms with van der Waals surface area (Å²) in [4.78, 5) is 34.5. The summed E-state index contributed by atoms with van der Waals surface area (Å²) >= 11 is 3.46. The number of amides is 1. The average molecular weight is 561 g/mol. The third kappa shape index (κ3) is 5.85. The maximum absolute atomic E-state index is 13.9. The van der Waals surface area contributed by atoms with Crippen LogP contribution in [-0.2, 0) is 0 Å². The Morgan fingerprint density at radius 3 is 2.41 bits per heavy atom. The van der Waals surface area contributed by atoms with Crippen LogP contribution in [-0.4, -0.2) is 26.9 Å². The molecule has 0 fully saturated rings. The fraction of sp³-hybridized carbons (Fsp3) is 0.323. The van der Waals surface area contributed by atoms with Crippen LogP contribution in [0.25, 0.3) is 16.6 Å². The highest BCUT2D eigenvalue weighted by Crippen LogP contribution is 2.26. The third-order valence-electron chi connectivity index (χ3n) is 7.00. The molecule has 0 saturated heterocycles. The van der Waals surface area contributed by atoms with Gasteiger partial charge >= 0.3 is 0 Å². The van der Waals surface area contributed by atoms with E-state index in [1.54, 1.807) is 4.57 Å². The summed E-state index contributed by atoms with van der Waals surface area (Å²) in [5.74, 6) is 0.499. The van der Waals surface area contributed by atoms with Gasteiger partial charge in [-0.3, -0.25) is 14.2 Å². The van der Waals surface area contributed by atoms with E-state index < -0.39 is 6.04 Å². The van der Waals surface area contributed by atoms with Crippen molar-refractivity contribution in [3.63, 3.8) is 0 Å². The second kappa shape index (κ2) is 11.9. The van der Waals surface area contributed by atoms with E-state index in [0.717, 1.165) is 47.0 Å². The second-order valence-corrected chi connectivity index (χ2v) is 10.6. The number of aromatic nitrogens is 2. The normalized spacial score (nSPS) is 12.0. The number of hydrogen-bond acceptors (Lipinski definition) is 3. The third-order valence-corrected chi connectivity index (χ3v) is 7.52. The van der Waals surface area contributed by atoms with Crippen LogP contribution in [0.1, 0.15) is 72.9 Å². The molecule has 0 aliphatic rings. The molecule has 3 aromatic carbocycles. The van der Waals surface area contributed by atoms with Crippen molar-refractivity contribution in [1.29, 1.82) is 0 Å². The second-order valence-electron chi connectivity index (χ2n) is 9.64. The van der Waals surface area contributed by atoms with E-state index in [0.29, 0.717) is 28.8 Å². The van der Waals surface area contributed by atoms with Gasteiger partial charge in [-0.15, -0.1) is 0 Å². The number of benzene rings is 3. The van der Waals surface area contributed by atoms with Gasteiger partial charge in [0.05, 0.1) is 22.6 Å². The topological polar surface area (TPSA) is 55.2 Å². The molecule has 192 valence electrons. The van der Waals surface area contributed by atoms with Gasteiger partial charge in [-0.05, 0) is 86.8 Å². The molecule has 37 heavy (non-hydrogen) atoms. The number of para-hydroxylation sites is 1. The number of rotatable bonds is 9. The molecular formula is C31H34BrN3O2. The van der Waals surface area contributed by atoms with Gasteiger partial charge in [-0.1, -0.05) is 60.3 Å². The van der Waals surface area contributed by atoms with Crippen LogP contribution in [0.5, 0.6) is 0 Å². The molecule has 1 amide bonds. The molecule has 6 heteroatoms. The predicted octanol–water partition coefficient (Wildman–Crippen LogP) is 7.55. The van der Waals surface area contributed by atoms with Crippen LogP contribution >= 0.6 is 15.9 Å². The molecule has 0 saturated carbocycles. The maximum Gasteiger partial charge on any atom is 0.266 e. The Morgan fingerprint density at radius 1 is 0.973 bits per heavy atom. The number of carbonyl (C=O) groups is 1. The molecule has 4 aromatic rings. The minimum atomic E-state index is -0.420. The molecule has 0 N–H and O–H groups in total. The highest BCUT2D eigenvalue weighted by molar-refractivity contribution is 9.10. The maximum atomic E-state index is 13.9. The summed E-state index contributed by atoms with van der Waals surface area (Å²) in [7, 11) is 0. The lowest BCUT2D eigenvalue weighted by Crippen LogP contribution is -2.38. The zero-order valence-electron chi connectivity index (χ0n) is 22.0. The molecule has 0 aliphatic carbocycles. The smallest absolute Gasteiger partial charge is 0.266 e. The van der Waals surface area contributed by atoms with Crippen molar-refractivity contribution < 1.29 is 4.79 Å². The summed E-state index contributed by atoms with van der Waals surface area (Å²) in [6.45, 7) is 8.84. The van der Waals surface area contributed by atoms with E-state index in [9.17, 15) is 9.59 Å². The highest BCUT2D eigenvalue weighted by Gasteiger charge is 2.27. The molecule has 0 bridgehead atoms. The standard InChI is InChI=1S/C31H34BrN3O2/c1-5-6-7-10-19-34(30(36)24-14-16-25(32)17-15-24)23(4)29-33-28-12-9-8-11-27(28)31(37)35(29)26-18-13-21(2)22(3)20-26/h8-9,11-18,20,23H,5-7,10,19H2,1-4H3. The fourth-order valence-corrected chi connectivity index (χ4v) is 4.89. The average Bonchev–Trinajstić information content (AvgIpc) is 2.90. The Labute approximate surface area is 227 Å². The fourth-order valence-electron chi connectivity index (χ4n) is 4.62. The Morgan fingerprint density at radius 2 is 1.70 bits per heavy atom. The van der Waals surface area contributed by atoms with Crippen molar-refractivity contribution in [2.75, 3.05) is 6.54 Å². The molecule has 1 heterocycles. The summed E-state index contributed by atoms with van der Waals surface area (Å²) in [6, 6.07) is 20.4. The van der Waals surface area contributed by atoms with Crippen LogP contribution in [0.15, 0.2) is 76.0 Å². The van der Waals surface area contributed by atoms with Gasteiger partial charge in [0.15, 0.2) is 0 Å². The van der Waals surface area contributed by atoms with E-state index >= 15 is 0 Å². The lowest BCUT2D eigenvalue weighted by atomic mass is 10.1. The first-order valence-corrected chi connectivity index (χ1v) is 13.8. The zero-order chi connectivity index (χ0) is 26.5. The summed E-state index contributed by atoms with van der Waals surface area (Å²) in [5.41, 5.74) is 4.14. The Bertz CT molecular complexity index is 1460. The zero-order valence-corrected chi connectivity index (χ0v) is 23.6. The van der Waals surface area contributed by atoms with E-state index in [-0.39, 0.29) is 11.5 Å². The van der Waals surface area contributed by atoms with Gasteiger partial charge in [0.1, 0.15) is 5.82 Å². The quantitative estimate of drug-likeness (QED) is 0.199. The Kier molecular flexibility index (Phi) is 8.59. The van der Waals surface area contributed by atoms with Crippen LogP contribution < -0.4 is 5.56 Å². The molecule has 0 spiro atoms. The van der Waals surface area contributed by atoms with Crippen LogP contribution in [0.4, 0.5) is 0 Å². The largest absolute Gasteiger partial charge is 0.329 e. The monoisotopic (exact) mass is 559 g/mol.